The van der Waals surface area contributed by atoms with E-state index in [1.165, 1.54) is 18.1 Å². The third-order valence-corrected chi connectivity index (χ3v) is 5.78. The first-order valence-corrected chi connectivity index (χ1v) is 9.54. The van der Waals surface area contributed by atoms with Gasteiger partial charge in [0.25, 0.3) is 0 Å². The van der Waals surface area contributed by atoms with Crippen molar-refractivity contribution in [2.45, 2.75) is 13.0 Å². The molecule has 3 aromatic heterocycles. The number of hydrogen-bond acceptors (Lipinski definition) is 8. The van der Waals surface area contributed by atoms with Crippen molar-refractivity contribution in [2.24, 2.45) is 0 Å². The summed E-state index contributed by atoms with van der Waals surface area (Å²) in [4.78, 5) is 30.7. The average Bonchev–Trinajstić information content (AvgIpc) is 3.07. The molecule has 1 aliphatic heterocycles. The van der Waals surface area contributed by atoms with Crippen molar-refractivity contribution in [3.63, 3.8) is 0 Å². The number of nitrogens with one attached hydrogen (secondary N) is 2. The molecule has 0 radical (unpaired) electrons. The number of nitrogen functional groups attached to an aromatic ring is 1. The number of fused-ring (bicyclic) bond motifs is 3. The Labute approximate surface area is 165 Å². The average molecular weight is 396 g/mol. The third kappa shape index (κ3) is 3.11. The van der Waals surface area contributed by atoms with Gasteiger partial charge in [-0.2, -0.15) is 0 Å². The number of hydrogen-bond donors (Lipinski definition) is 3. The molecule has 3 aromatic rings. The molecule has 0 unspecified atom stereocenters. The summed E-state index contributed by atoms with van der Waals surface area (Å²) in [5, 5.41) is 11.7. The van der Waals surface area contributed by atoms with Crippen molar-refractivity contribution in [3.05, 3.63) is 34.6 Å². The van der Waals surface area contributed by atoms with Gasteiger partial charge in [-0.25, -0.2) is 19.7 Å². The van der Waals surface area contributed by atoms with Crippen molar-refractivity contribution in [1.82, 2.24) is 24.8 Å². The lowest BCUT2D eigenvalue weighted by Crippen LogP contribution is -2.41. The van der Waals surface area contributed by atoms with Crippen LogP contribution >= 0.6 is 11.3 Å². The quantitative estimate of drug-likeness (QED) is 0.584. The van der Waals surface area contributed by atoms with Crippen LogP contribution < -0.4 is 11.1 Å². The highest BCUT2D eigenvalue weighted by Gasteiger charge is 2.27. The number of carbonyl (C=O) groups excluding carboxylic acids is 1. The first-order chi connectivity index (χ1) is 13.5. The van der Waals surface area contributed by atoms with Gasteiger partial charge in [0.2, 0.25) is 0 Å². The highest BCUT2D eigenvalue weighted by Crippen LogP contribution is 2.38. The summed E-state index contributed by atoms with van der Waals surface area (Å²) in [6.07, 6.45) is 5.07. The Morgan fingerprint density at radius 1 is 1.39 bits per heavy atom. The zero-order valence-electron chi connectivity index (χ0n) is 15.6. The molecule has 1 aliphatic rings. The molecule has 0 saturated heterocycles. The minimum atomic E-state index is 0.0136. The molecular formula is C18H20N8OS. The second-order valence-electron chi connectivity index (χ2n) is 6.72. The van der Waals surface area contributed by atoms with Crippen molar-refractivity contribution < 1.29 is 4.79 Å². The van der Waals surface area contributed by atoms with Gasteiger partial charge in [0.15, 0.2) is 0 Å². The number of amides is 2. The number of nitrogens with two attached hydrogens (primary N) is 1. The van der Waals surface area contributed by atoms with E-state index in [9.17, 15) is 4.79 Å². The molecule has 10 heteroatoms. The minimum absolute atomic E-state index is 0.0136. The Bertz CT molecular complexity index is 1080. The normalized spacial score (nSPS) is 13.3. The molecule has 4 heterocycles. The predicted octanol–water partition coefficient (Wildman–Crippen LogP) is 2.45. The number of carbonyl (C=O) groups is 1. The molecule has 0 atom stereocenters. The largest absolute Gasteiger partial charge is 0.383 e. The van der Waals surface area contributed by atoms with Crippen molar-refractivity contribution in [1.29, 1.82) is 5.41 Å². The van der Waals surface area contributed by atoms with Crippen LogP contribution in [0.4, 0.5) is 22.1 Å². The molecule has 0 spiro atoms. The molecule has 0 fully saturated rings. The van der Waals surface area contributed by atoms with E-state index in [0.29, 0.717) is 36.0 Å². The van der Waals surface area contributed by atoms with Gasteiger partial charge in [-0.3, -0.25) is 0 Å². The second-order valence-corrected chi connectivity index (χ2v) is 7.81. The van der Waals surface area contributed by atoms with E-state index < -0.39 is 0 Å². The standard InChI is InChI=1S/C18H20N8OS/c1-25(2)18(27)26-4-3-12-13(8-26)28-17-14(12)16(22-9-23-17)24-11-5-10(6-19)15(20)21-7-11/h5-7,9,19H,3-4,8H2,1-2H3,(H2,20,21)(H,22,23,24). The Morgan fingerprint density at radius 3 is 2.96 bits per heavy atom. The fraction of sp³-hybridized carbons (Fsp3) is 0.278. The van der Waals surface area contributed by atoms with E-state index in [0.717, 1.165) is 21.5 Å². The molecule has 0 saturated carbocycles. The Kier molecular flexibility index (Phi) is 4.55. The summed E-state index contributed by atoms with van der Waals surface area (Å²) in [5.74, 6) is 1.00. The monoisotopic (exact) mass is 396 g/mol. The fourth-order valence-corrected chi connectivity index (χ4v) is 4.48. The van der Waals surface area contributed by atoms with E-state index in [2.05, 4.69) is 20.3 Å². The van der Waals surface area contributed by atoms with Crippen LogP contribution in [0.15, 0.2) is 18.6 Å². The van der Waals surface area contributed by atoms with Crippen LogP contribution in [-0.4, -0.2) is 57.6 Å². The predicted molar refractivity (Wildman–Crippen MR) is 110 cm³/mol. The molecule has 9 nitrogen and oxygen atoms in total. The van der Waals surface area contributed by atoms with Crippen molar-refractivity contribution >= 4 is 51.1 Å². The Balaban J connectivity index is 1.70. The Morgan fingerprint density at radius 2 is 2.21 bits per heavy atom. The molecule has 0 aromatic carbocycles. The Hall–Kier alpha value is -3.27. The van der Waals surface area contributed by atoms with Gasteiger partial charge in [-0.1, -0.05) is 0 Å². The maximum absolute atomic E-state index is 12.3. The number of urea groups is 1. The molecule has 28 heavy (non-hydrogen) atoms. The van der Waals surface area contributed by atoms with Crippen LogP contribution in [-0.2, 0) is 13.0 Å². The van der Waals surface area contributed by atoms with Gasteiger partial charge in [0.1, 0.15) is 22.8 Å². The van der Waals surface area contributed by atoms with Crippen LogP contribution in [0.25, 0.3) is 10.2 Å². The van der Waals surface area contributed by atoms with Crippen LogP contribution in [0, 0.1) is 5.41 Å². The van der Waals surface area contributed by atoms with Gasteiger partial charge in [0, 0.05) is 37.3 Å². The van der Waals surface area contributed by atoms with E-state index in [1.807, 2.05) is 4.90 Å². The summed E-state index contributed by atoms with van der Waals surface area (Å²) in [5.41, 5.74) is 8.19. The molecule has 0 bridgehead atoms. The van der Waals surface area contributed by atoms with E-state index in [4.69, 9.17) is 11.1 Å². The van der Waals surface area contributed by atoms with Gasteiger partial charge in [-0.05, 0) is 18.1 Å². The van der Waals surface area contributed by atoms with Gasteiger partial charge in [0.05, 0.1) is 23.8 Å². The maximum atomic E-state index is 12.3. The lowest BCUT2D eigenvalue weighted by Gasteiger charge is -2.29. The lowest BCUT2D eigenvalue weighted by molar-refractivity contribution is 0.166. The lowest BCUT2D eigenvalue weighted by atomic mass is 10.1. The zero-order chi connectivity index (χ0) is 19.8. The maximum Gasteiger partial charge on any atom is 0.319 e. The third-order valence-electron chi connectivity index (χ3n) is 4.66. The van der Waals surface area contributed by atoms with E-state index in [-0.39, 0.29) is 6.03 Å². The van der Waals surface area contributed by atoms with Gasteiger partial charge >= 0.3 is 6.03 Å². The summed E-state index contributed by atoms with van der Waals surface area (Å²) in [6.45, 7) is 1.24. The van der Waals surface area contributed by atoms with Crippen LogP contribution in [0.5, 0.6) is 0 Å². The van der Waals surface area contributed by atoms with Crippen molar-refractivity contribution in [2.75, 3.05) is 31.7 Å². The molecule has 2 amide bonds. The summed E-state index contributed by atoms with van der Waals surface area (Å²) >= 11 is 1.59. The van der Waals surface area contributed by atoms with Crippen molar-refractivity contribution in [3.8, 4) is 0 Å². The highest BCUT2D eigenvalue weighted by molar-refractivity contribution is 7.19. The number of thiophene rings is 1. The summed E-state index contributed by atoms with van der Waals surface area (Å²) in [7, 11) is 3.53. The van der Waals surface area contributed by atoms with E-state index >= 15 is 0 Å². The van der Waals surface area contributed by atoms with Crippen LogP contribution in [0.3, 0.4) is 0 Å². The first-order valence-electron chi connectivity index (χ1n) is 8.72. The zero-order valence-corrected chi connectivity index (χ0v) is 16.4. The smallest absolute Gasteiger partial charge is 0.319 e. The highest BCUT2D eigenvalue weighted by atomic mass is 32.1. The van der Waals surface area contributed by atoms with Crippen LogP contribution in [0.2, 0.25) is 0 Å². The summed E-state index contributed by atoms with van der Waals surface area (Å²) < 4.78 is 0. The number of pyridine rings is 1. The second kappa shape index (κ2) is 7.04. The SMILES string of the molecule is CN(C)C(=O)N1CCc2c(sc3ncnc(Nc4cnc(N)c(C=N)c4)c23)C1. The molecule has 4 N–H and O–H groups in total. The molecular weight excluding hydrogens is 376 g/mol. The van der Waals surface area contributed by atoms with Gasteiger partial charge < -0.3 is 26.3 Å². The molecule has 4 rings (SSSR count). The number of anilines is 3. The summed E-state index contributed by atoms with van der Waals surface area (Å²) in [6, 6.07) is 1.78. The topological polar surface area (TPSA) is 124 Å². The number of nitrogens with zero attached hydrogens (tertiary/aromatic N) is 5. The minimum Gasteiger partial charge on any atom is -0.383 e. The number of rotatable bonds is 3. The first kappa shape index (κ1) is 18.1. The fourth-order valence-electron chi connectivity index (χ4n) is 3.28. The molecule has 144 valence electrons. The van der Waals surface area contributed by atoms with Gasteiger partial charge in [-0.15, -0.1) is 11.3 Å². The number of aromatic nitrogens is 3. The van der Waals surface area contributed by atoms with E-state index in [1.54, 1.807) is 42.6 Å². The molecule has 0 aliphatic carbocycles. The van der Waals surface area contributed by atoms with Crippen LogP contribution in [0.1, 0.15) is 16.0 Å².